The highest BCUT2D eigenvalue weighted by Crippen LogP contribution is 2.29. The lowest BCUT2D eigenvalue weighted by atomic mass is 10.0. The van der Waals surface area contributed by atoms with Crippen LogP contribution in [0.2, 0.25) is 0 Å². The quantitative estimate of drug-likeness (QED) is 0.0964. The number of unbranched alkanes of at least 4 members (excludes halogenated alkanes) is 1. The van der Waals surface area contributed by atoms with Gasteiger partial charge >= 0.3 is 0 Å². The SMILES string of the molecule is CCCCOc1ccc(-c2ccc(OCCCF)c(/C=C/C(=O)Nc3ccc([S@@](=O)Cc4cncn4CCC)cc3)c2)cc1. The Hall–Kier alpha value is -4.24. The van der Waals surface area contributed by atoms with E-state index in [1.165, 1.54) is 6.08 Å². The van der Waals surface area contributed by atoms with Crippen molar-refractivity contribution in [3.8, 4) is 22.6 Å². The molecule has 1 amide bonds. The number of hydrogen-bond acceptors (Lipinski definition) is 5. The fraction of sp³-hybridized carbons (Fsp3) is 0.314. The summed E-state index contributed by atoms with van der Waals surface area (Å²) in [7, 11) is -1.24. The number of amides is 1. The van der Waals surface area contributed by atoms with Crippen molar-refractivity contribution in [2.24, 2.45) is 0 Å². The van der Waals surface area contributed by atoms with Crippen molar-refractivity contribution in [2.75, 3.05) is 25.2 Å². The molecule has 0 aliphatic heterocycles. The summed E-state index contributed by atoms with van der Waals surface area (Å²) in [5.41, 5.74) is 4.16. The molecule has 4 aromatic rings. The first-order valence-electron chi connectivity index (χ1n) is 15.0. The predicted molar refractivity (Wildman–Crippen MR) is 175 cm³/mol. The van der Waals surface area contributed by atoms with Crippen molar-refractivity contribution < 1.29 is 22.9 Å². The molecule has 0 bridgehead atoms. The molecule has 3 aromatic carbocycles. The van der Waals surface area contributed by atoms with E-state index in [-0.39, 0.29) is 18.9 Å². The maximum Gasteiger partial charge on any atom is 0.248 e. The Morgan fingerprint density at radius 1 is 0.955 bits per heavy atom. The molecule has 9 heteroatoms. The van der Waals surface area contributed by atoms with E-state index in [4.69, 9.17) is 9.47 Å². The Morgan fingerprint density at radius 2 is 1.70 bits per heavy atom. The van der Waals surface area contributed by atoms with E-state index in [1.807, 2.05) is 47.0 Å². The number of benzene rings is 3. The standard InChI is InChI=1S/C35H40FN3O4S/c1-3-5-21-42-32-13-7-27(8-14-32)28-9-17-34(43-22-6-19-36)29(23-28)10-18-35(40)38-30-11-15-33(16-12-30)44(41)25-31-24-37-26-39(31)20-4-2/h7-18,23-24,26H,3-6,19-22,25H2,1-2H3,(H,38,40)/b18-10+/t44-/m0/s1. The van der Waals surface area contributed by atoms with Crippen molar-refractivity contribution in [1.29, 1.82) is 0 Å². The van der Waals surface area contributed by atoms with Gasteiger partial charge in [-0.05, 0) is 78.6 Å². The summed E-state index contributed by atoms with van der Waals surface area (Å²) in [6.07, 6.45) is 9.99. The summed E-state index contributed by atoms with van der Waals surface area (Å²) in [4.78, 5) is 17.7. The minimum Gasteiger partial charge on any atom is -0.494 e. The molecule has 0 aliphatic carbocycles. The summed E-state index contributed by atoms with van der Waals surface area (Å²) < 4.78 is 39.2. The zero-order chi connectivity index (χ0) is 31.1. The molecular weight excluding hydrogens is 577 g/mol. The zero-order valence-electron chi connectivity index (χ0n) is 25.3. The number of alkyl halides is 1. The monoisotopic (exact) mass is 617 g/mol. The molecule has 0 saturated carbocycles. The fourth-order valence-electron chi connectivity index (χ4n) is 4.47. The molecule has 232 valence electrons. The van der Waals surface area contributed by atoms with E-state index < -0.39 is 17.5 Å². The summed E-state index contributed by atoms with van der Waals surface area (Å²) >= 11 is 0. The van der Waals surface area contributed by atoms with Crippen LogP contribution in [0.25, 0.3) is 17.2 Å². The number of carbonyl (C=O) groups is 1. The second-order valence-corrected chi connectivity index (χ2v) is 11.7. The molecule has 44 heavy (non-hydrogen) atoms. The number of aromatic nitrogens is 2. The van der Waals surface area contributed by atoms with Crippen LogP contribution in [0.3, 0.4) is 0 Å². The maximum atomic E-state index is 12.9. The Bertz CT molecular complexity index is 1530. The number of nitrogens with one attached hydrogen (secondary N) is 1. The molecule has 1 N–H and O–H groups in total. The van der Waals surface area contributed by atoms with Crippen LogP contribution < -0.4 is 14.8 Å². The topological polar surface area (TPSA) is 82.4 Å². The van der Waals surface area contributed by atoms with Crippen LogP contribution in [-0.2, 0) is 27.9 Å². The average molecular weight is 618 g/mol. The number of hydrogen-bond donors (Lipinski definition) is 1. The Labute approximate surface area is 261 Å². The highest BCUT2D eigenvalue weighted by Gasteiger charge is 2.11. The van der Waals surface area contributed by atoms with Gasteiger partial charge in [0.15, 0.2) is 0 Å². The number of carbonyl (C=O) groups excluding carboxylic acids is 1. The van der Waals surface area contributed by atoms with Gasteiger partial charge in [0.05, 0.1) is 48.5 Å². The van der Waals surface area contributed by atoms with Crippen molar-refractivity contribution in [2.45, 2.75) is 56.7 Å². The van der Waals surface area contributed by atoms with Gasteiger partial charge in [0.1, 0.15) is 11.5 Å². The number of imidazole rings is 1. The Kier molecular flexibility index (Phi) is 12.7. The molecule has 0 fully saturated rings. The molecule has 1 heterocycles. The lowest BCUT2D eigenvalue weighted by Crippen LogP contribution is -2.08. The van der Waals surface area contributed by atoms with Crippen molar-refractivity contribution >= 4 is 28.5 Å². The minimum absolute atomic E-state index is 0.237. The first kappa shape index (κ1) is 32.7. The van der Waals surface area contributed by atoms with Gasteiger partial charge in [0.2, 0.25) is 5.91 Å². The molecule has 0 aliphatic rings. The van der Waals surface area contributed by atoms with E-state index in [0.29, 0.717) is 34.3 Å². The molecule has 0 spiro atoms. The van der Waals surface area contributed by atoms with E-state index in [2.05, 4.69) is 24.1 Å². The third kappa shape index (κ3) is 9.64. The Balaban J connectivity index is 1.42. The van der Waals surface area contributed by atoms with Crippen LogP contribution in [0.15, 0.2) is 90.2 Å². The average Bonchev–Trinajstić information content (AvgIpc) is 3.47. The van der Waals surface area contributed by atoms with Gasteiger partial charge in [-0.3, -0.25) is 13.4 Å². The van der Waals surface area contributed by atoms with E-state index >= 15 is 0 Å². The van der Waals surface area contributed by atoms with Crippen LogP contribution in [0.5, 0.6) is 11.5 Å². The highest BCUT2D eigenvalue weighted by atomic mass is 32.2. The smallest absolute Gasteiger partial charge is 0.248 e. The number of aryl methyl sites for hydroxylation is 1. The third-order valence-corrected chi connectivity index (χ3v) is 8.20. The number of anilines is 1. The molecule has 1 atom stereocenters. The van der Waals surface area contributed by atoms with E-state index in [1.54, 1.807) is 42.9 Å². The van der Waals surface area contributed by atoms with Gasteiger partial charge in [-0.2, -0.15) is 0 Å². The highest BCUT2D eigenvalue weighted by molar-refractivity contribution is 7.84. The summed E-state index contributed by atoms with van der Waals surface area (Å²) in [5.74, 6) is 1.44. The lowest BCUT2D eigenvalue weighted by molar-refractivity contribution is -0.111. The van der Waals surface area contributed by atoms with Crippen LogP contribution in [0, 0.1) is 0 Å². The number of nitrogens with zero attached hydrogens (tertiary/aromatic N) is 2. The first-order chi connectivity index (χ1) is 21.5. The molecule has 4 rings (SSSR count). The first-order valence-corrected chi connectivity index (χ1v) is 16.3. The van der Waals surface area contributed by atoms with Crippen LogP contribution >= 0.6 is 0 Å². The molecule has 7 nitrogen and oxygen atoms in total. The number of rotatable bonds is 17. The van der Waals surface area contributed by atoms with Gasteiger partial charge in [-0.15, -0.1) is 0 Å². The van der Waals surface area contributed by atoms with Crippen LogP contribution in [-0.4, -0.2) is 39.6 Å². The van der Waals surface area contributed by atoms with Gasteiger partial charge in [-0.25, -0.2) is 4.98 Å². The molecule has 0 unspecified atom stereocenters. The summed E-state index contributed by atoms with van der Waals surface area (Å²) in [6.45, 7) is 5.51. The Morgan fingerprint density at radius 3 is 2.43 bits per heavy atom. The van der Waals surface area contributed by atoms with E-state index in [9.17, 15) is 13.4 Å². The van der Waals surface area contributed by atoms with Gasteiger partial charge in [0.25, 0.3) is 0 Å². The lowest BCUT2D eigenvalue weighted by Gasteiger charge is -2.12. The molecular formula is C35H40FN3O4S. The van der Waals surface area contributed by atoms with E-state index in [0.717, 1.165) is 48.4 Å². The number of ether oxygens (including phenoxy) is 2. The third-order valence-electron chi connectivity index (χ3n) is 6.84. The molecule has 0 saturated heterocycles. The van der Waals surface area contributed by atoms with Crippen LogP contribution in [0.1, 0.15) is 50.8 Å². The second-order valence-electron chi connectivity index (χ2n) is 10.3. The summed E-state index contributed by atoms with van der Waals surface area (Å²) in [5, 5.41) is 2.85. The largest absolute Gasteiger partial charge is 0.494 e. The molecule has 1 aromatic heterocycles. The van der Waals surface area contributed by atoms with Crippen LogP contribution in [0.4, 0.5) is 10.1 Å². The van der Waals surface area contributed by atoms with Crippen molar-refractivity contribution in [3.63, 3.8) is 0 Å². The van der Waals surface area contributed by atoms with Gasteiger partial charge in [0, 0.05) is 41.4 Å². The van der Waals surface area contributed by atoms with Crippen molar-refractivity contribution in [3.05, 3.63) is 96.6 Å². The van der Waals surface area contributed by atoms with Crippen molar-refractivity contribution in [1.82, 2.24) is 9.55 Å². The minimum atomic E-state index is -1.24. The van der Waals surface area contributed by atoms with Gasteiger partial charge < -0.3 is 19.4 Å². The summed E-state index contributed by atoms with van der Waals surface area (Å²) in [6, 6.07) is 20.6. The normalized spacial score (nSPS) is 11.9. The molecule has 0 radical (unpaired) electrons. The fourth-order valence-corrected chi connectivity index (χ4v) is 5.59. The predicted octanol–water partition coefficient (Wildman–Crippen LogP) is 7.84. The maximum absolute atomic E-state index is 12.9. The number of halogens is 1. The zero-order valence-corrected chi connectivity index (χ0v) is 26.2. The second kappa shape index (κ2) is 17.2. The van der Waals surface area contributed by atoms with Gasteiger partial charge in [-0.1, -0.05) is 38.5 Å².